The fraction of sp³-hybridized carbons (Fsp3) is 0.667. The Labute approximate surface area is 171 Å². The third-order valence-corrected chi connectivity index (χ3v) is 4.36. The van der Waals surface area contributed by atoms with Crippen LogP contribution in [0.1, 0.15) is 18.4 Å². The number of nitrogens with one attached hydrogen (secondary N) is 1. The first-order valence-corrected chi connectivity index (χ1v) is 8.38. The van der Waals surface area contributed by atoms with E-state index in [9.17, 15) is 0 Å². The molecule has 0 saturated carbocycles. The average molecular weight is 415 g/mol. The normalized spacial score (nSPS) is 17.2. The topological polar surface area (TPSA) is 27.7 Å². The summed E-state index contributed by atoms with van der Waals surface area (Å²) in [6.07, 6.45) is 2.65. The molecule has 25 heavy (non-hydrogen) atoms. The molecule has 1 N–H and O–H groups in total. The number of rotatable bonds is 8. The molecule has 1 aromatic rings. The second-order valence-electron chi connectivity index (χ2n) is 6.56. The van der Waals surface area contributed by atoms with Crippen LogP contribution in [0.5, 0.6) is 5.75 Å². The molecule has 1 heterocycles. The van der Waals surface area contributed by atoms with Gasteiger partial charge >= 0.3 is 0 Å². The zero-order valence-electron chi connectivity index (χ0n) is 15.6. The molecule has 1 saturated heterocycles. The van der Waals surface area contributed by atoms with Gasteiger partial charge in [0.2, 0.25) is 0 Å². The molecule has 0 aromatic heterocycles. The van der Waals surface area contributed by atoms with E-state index in [2.05, 4.69) is 47.4 Å². The summed E-state index contributed by atoms with van der Waals surface area (Å²) in [4.78, 5) is 4.79. The Morgan fingerprint density at radius 3 is 2.60 bits per heavy atom. The van der Waals surface area contributed by atoms with Crippen molar-refractivity contribution >= 4 is 37.2 Å². The van der Waals surface area contributed by atoms with Crippen LogP contribution in [-0.2, 0) is 6.54 Å². The largest absolute Gasteiger partial charge is 0.496 e. The molecule has 148 valence electrons. The van der Waals surface area contributed by atoms with Gasteiger partial charge in [-0.05, 0) is 52.0 Å². The summed E-state index contributed by atoms with van der Waals surface area (Å²) < 4.78 is 5.47. The molecule has 1 fully saturated rings. The fourth-order valence-corrected chi connectivity index (χ4v) is 3.14. The van der Waals surface area contributed by atoms with E-state index in [-0.39, 0.29) is 37.2 Å². The summed E-state index contributed by atoms with van der Waals surface area (Å²) in [6, 6.07) is 8.37. The van der Waals surface area contributed by atoms with Crippen LogP contribution in [0, 0.1) is 5.92 Å². The predicted molar refractivity (Wildman–Crippen MR) is 114 cm³/mol. The highest BCUT2D eigenvalue weighted by atomic mass is 35.5. The number of likely N-dealkylation sites (N-methyl/N-ethyl adjacent to an activating group) is 1. The van der Waals surface area contributed by atoms with Crippen molar-refractivity contribution in [3.05, 3.63) is 29.8 Å². The van der Waals surface area contributed by atoms with Crippen LogP contribution in [0.3, 0.4) is 0 Å². The van der Waals surface area contributed by atoms with Gasteiger partial charge in [0.05, 0.1) is 7.11 Å². The number of hydrogen-bond acceptors (Lipinski definition) is 4. The zero-order chi connectivity index (χ0) is 15.8. The highest BCUT2D eigenvalue weighted by molar-refractivity contribution is 5.86. The highest BCUT2D eigenvalue weighted by Gasteiger charge is 2.20. The van der Waals surface area contributed by atoms with Gasteiger partial charge in [-0.1, -0.05) is 18.2 Å². The third kappa shape index (κ3) is 9.88. The first kappa shape index (κ1) is 27.0. The standard InChI is InChI=1S/C18H31N3O.3ClH/c1-20(2)12-10-19-13-16-7-6-11-21(14-16)15-17-8-4-5-9-18(17)22-3;;;/h4-5,8-9,16,19H,6-7,10-15H2,1-3H3;3*1H. The number of methoxy groups -OCH3 is 1. The SMILES string of the molecule is COc1ccccc1CN1CCCC(CNCCN(C)C)C1.Cl.Cl.Cl. The van der Waals surface area contributed by atoms with Gasteiger partial charge in [-0.2, -0.15) is 0 Å². The molecule has 1 aliphatic heterocycles. The fourth-order valence-electron chi connectivity index (χ4n) is 3.14. The lowest BCUT2D eigenvalue weighted by atomic mass is 9.97. The first-order chi connectivity index (χ1) is 10.7. The van der Waals surface area contributed by atoms with Gasteiger partial charge in [-0.25, -0.2) is 0 Å². The van der Waals surface area contributed by atoms with E-state index in [4.69, 9.17) is 4.74 Å². The van der Waals surface area contributed by atoms with Gasteiger partial charge in [0.15, 0.2) is 0 Å². The van der Waals surface area contributed by atoms with Gasteiger partial charge in [-0.3, -0.25) is 4.90 Å². The van der Waals surface area contributed by atoms with E-state index >= 15 is 0 Å². The van der Waals surface area contributed by atoms with Crippen LogP contribution in [0.2, 0.25) is 0 Å². The lowest BCUT2D eigenvalue weighted by Crippen LogP contribution is -2.40. The van der Waals surface area contributed by atoms with Crippen molar-refractivity contribution in [1.82, 2.24) is 15.1 Å². The first-order valence-electron chi connectivity index (χ1n) is 8.38. The second-order valence-corrected chi connectivity index (χ2v) is 6.56. The molecule has 1 atom stereocenters. The van der Waals surface area contributed by atoms with Crippen molar-refractivity contribution in [2.24, 2.45) is 5.92 Å². The monoisotopic (exact) mass is 413 g/mol. The highest BCUT2D eigenvalue weighted by Crippen LogP contribution is 2.23. The number of ether oxygens (including phenoxy) is 1. The van der Waals surface area contributed by atoms with E-state index in [1.54, 1.807) is 7.11 Å². The Balaban J connectivity index is 0. The Bertz CT molecular complexity index is 449. The van der Waals surface area contributed by atoms with E-state index < -0.39 is 0 Å². The number of halogens is 3. The van der Waals surface area contributed by atoms with Crippen LogP contribution in [0.15, 0.2) is 24.3 Å². The summed E-state index contributed by atoms with van der Waals surface area (Å²) >= 11 is 0. The third-order valence-electron chi connectivity index (χ3n) is 4.36. The molecule has 2 rings (SSSR count). The molecular weight excluding hydrogens is 381 g/mol. The van der Waals surface area contributed by atoms with Gasteiger partial charge < -0.3 is 15.0 Å². The van der Waals surface area contributed by atoms with Crippen molar-refractivity contribution in [3.63, 3.8) is 0 Å². The maximum Gasteiger partial charge on any atom is 0.123 e. The van der Waals surface area contributed by atoms with Gasteiger partial charge in [-0.15, -0.1) is 37.2 Å². The molecule has 0 bridgehead atoms. The quantitative estimate of drug-likeness (QED) is 0.660. The van der Waals surface area contributed by atoms with Crippen molar-refractivity contribution in [1.29, 1.82) is 0 Å². The Kier molecular flexibility index (Phi) is 16.1. The molecule has 4 nitrogen and oxygen atoms in total. The second kappa shape index (κ2) is 14.9. The molecule has 1 aromatic carbocycles. The number of piperidine rings is 1. The van der Waals surface area contributed by atoms with Gasteiger partial charge in [0.25, 0.3) is 0 Å². The van der Waals surface area contributed by atoms with Gasteiger partial charge in [0.1, 0.15) is 5.75 Å². The summed E-state index contributed by atoms with van der Waals surface area (Å²) in [5.74, 6) is 1.78. The summed E-state index contributed by atoms with van der Waals surface area (Å²) in [5.41, 5.74) is 1.30. The maximum absolute atomic E-state index is 5.47. The van der Waals surface area contributed by atoms with Crippen LogP contribution in [0.25, 0.3) is 0 Å². The Morgan fingerprint density at radius 2 is 1.92 bits per heavy atom. The van der Waals surface area contributed by atoms with Crippen LogP contribution < -0.4 is 10.1 Å². The summed E-state index contributed by atoms with van der Waals surface area (Å²) in [5, 5.41) is 3.60. The summed E-state index contributed by atoms with van der Waals surface area (Å²) in [6.45, 7) is 6.71. The molecule has 1 aliphatic rings. The average Bonchev–Trinajstić information content (AvgIpc) is 2.52. The minimum absolute atomic E-state index is 0. The van der Waals surface area contributed by atoms with Crippen molar-refractivity contribution in [2.45, 2.75) is 19.4 Å². The van der Waals surface area contributed by atoms with E-state index in [0.29, 0.717) is 0 Å². The molecule has 0 radical (unpaired) electrons. The van der Waals surface area contributed by atoms with Crippen LogP contribution in [-0.4, -0.2) is 63.7 Å². The number of nitrogens with zero attached hydrogens (tertiary/aromatic N) is 2. The van der Waals surface area contributed by atoms with Crippen molar-refractivity contribution in [3.8, 4) is 5.75 Å². The molecule has 0 aliphatic carbocycles. The minimum Gasteiger partial charge on any atom is -0.496 e. The predicted octanol–water partition coefficient (Wildman–Crippen LogP) is 3.32. The summed E-state index contributed by atoms with van der Waals surface area (Å²) in [7, 11) is 6.00. The van der Waals surface area contributed by atoms with Crippen LogP contribution >= 0.6 is 37.2 Å². The number of para-hydroxylation sites is 1. The molecule has 7 heteroatoms. The molecule has 1 unspecified atom stereocenters. The molecule has 0 amide bonds. The van der Waals surface area contributed by atoms with E-state index in [0.717, 1.165) is 37.8 Å². The van der Waals surface area contributed by atoms with Crippen LogP contribution in [0.4, 0.5) is 0 Å². The number of hydrogen-bond donors (Lipinski definition) is 1. The van der Waals surface area contributed by atoms with Crippen molar-refractivity contribution in [2.75, 3.05) is 53.9 Å². The minimum atomic E-state index is 0. The Morgan fingerprint density at radius 1 is 1.20 bits per heavy atom. The lowest BCUT2D eigenvalue weighted by Gasteiger charge is -2.33. The van der Waals surface area contributed by atoms with Crippen molar-refractivity contribution < 1.29 is 4.74 Å². The van der Waals surface area contributed by atoms with E-state index in [1.165, 1.54) is 31.5 Å². The molecular formula is C18H34Cl3N3O. The Hall–Kier alpha value is -0.230. The number of likely N-dealkylation sites (tertiary alicyclic amines) is 1. The maximum atomic E-state index is 5.47. The zero-order valence-corrected chi connectivity index (χ0v) is 18.0. The number of benzene rings is 1. The van der Waals surface area contributed by atoms with E-state index in [1.807, 2.05) is 6.07 Å². The molecule has 0 spiro atoms. The lowest BCUT2D eigenvalue weighted by molar-refractivity contribution is 0.163. The smallest absolute Gasteiger partial charge is 0.123 e. The van der Waals surface area contributed by atoms with Gasteiger partial charge in [0, 0.05) is 31.7 Å².